The zero-order chi connectivity index (χ0) is 8.72. The third-order valence-electron chi connectivity index (χ3n) is 4.50. The van der Waals surface area contributed by atoms with Crippen molar-refractivity contribution in [2.45, 2.75) is 33.1 Å². The Bertz CT molecular complexity index is 180. The predicted octanol–water partition coefficient (Wildman–Crippen LogP) is 3.49. The number of hydrogen-bond donors (Lipinski definition) is 0. The van der Waals surface area contributed by atoms with Crippen LogP contribution in [0.1, 0.15) is 33.1 Å². The van der Waals surface area contributed by atoms with Gasteiger partial charge in [-0.2, -0.15) is 0 Å². The predicted molar refractivity (Wildman–Crippen MR) is 52.8 cm³/mol. The Labute approximate surface area is 76.1 Å². The second-order valence-corrected chi connectivity index (χ2v) is 4.90. The fraction of sp³-hybridized carbons (Fsp3) is 0.833. The molecule has 5 atom stereocenters. The maximum Gasteiger partial charge on any atom is -0.0322 e. The zero-order valence-electron chi connectivity index (χ0n) is 8.29. The highest BCUT2D eigenvalue weighted by atomic mass is 14.5. The van der Waals surface area contributed by atoms with Crippen LogP contribution in [0, 0.1) is 29.6 Å². The molecule has 68 valence electrons. The molecule has 2 fully saturated rings. The first-order valence-electron chi connectivity index (χ1n) is 5.35. The van der Waals surface area contributed by atoms with Crippen molar-refractivity contribution in [1.29, 1.82) is 0 Å². The number of rotatable bonds is 2. The van der Waals surface area contributed by atoms with E-state index < -0.39 is 0 Å². The molecule has 0 nitrogen and oxygen atoms in total. The van der Waals surface area contributed by atoms with Crippen molar-refractivity contribution in [2.75, 3.05) is 0 Å². The van der Waals surface area contributed by atoms with Crippen LogP contribution in [0.15, 0.2) is 12.7 Å². The van der Waals surface area contributed by atoms with E-state index in [1.54, 1.807) is 0 Å². The van der Waals surface area contributed by atoms with Crippen molar-refractivity contribution in [2.24, 2.45) is 29.6 Å². The lowest BCUT2D eigenvalue weighted by Gasteiger charge is -2.31. The summed E-state index contributed by atoms with van der Waals surface area (Å²) in [5, 5.41) is 0. The molecule has 2 rings (SSSR count). The second-order valence-electron chi connectivity index (χ2n) is 4.90. The van der Waals surface area contributed by atoms with Gasteiger partial charge in [-0.25, -0.2) is 0 Å². The van der Waals surface area contributed by atoms with Gasteiger partial charge in [0.05, 0.1) is 0 Å². The molecule has 2 saturated carbocycles. The van der Waals surface area contributed by atoms with Crippen LogP contribution < -0.4 is 0 Å². The van der Waals surface area contributed by atoms with Crippen molar-refractivity contribution < 1.29 is 0 Å². The standard InChI is InChI=1S/C12H20/c1-4-5-10-6-11-7-12(10)9(3)8(11)2/h4,8-12H,1,5-7H2,2-3H3. The first-order valence-corrected chi connectivity index (χ1v) is 5.35. The smallest absolute Gasteiger partial charge is 0.0322 e. The number of hydrogen-bond acceptors (Lipinski definition) is 0. The topological polar surface area (TPSA) is 0 Å². The van der Waals surface area contributed by atoms with Crippen LogP contribution in [-0.2, 0) is 0 Å². The third kappa shape index (κ3) is 1.04. The van der Waals surface area contributed by atoms with Crippen LogP contribution in [-0.4, -0.2) is 0 Å². The van der Waals surface area contributed by atoms with Crippen molar-refractivity contribution in [1.82, 2.24) is 0 Å². The van der Waals surface area contributed by atoms with Crippen molar-refractivity contribution in [3.63, 3.8) is 0 Å². The van der Waals surface area contributed by atoms with Gasteiger partial charge >= 0.3 is 0 Å². The van der Waals surface area contributed by atoms with Crippen LogP contribution in [0.3, 0.4) is 0 Å². The van der Waals surface area contributed by atoms with E-state index in [2.05, 4.69) is 26.5 Å². The first-order chi connectivity index (χ1) is 5.74. The Morgan fingerprint density at radius 3 is 2.50 bits per heavy atom. The summed E-state index contributed by atoms with van der Waals surface area (Å²) in [6.07, 6.45) is 6.38. The van der Waals surface area contributed by atoms with Crippen molar-refractivity contribution in [3.05, 3.63) is 12.7 Å². The summed E-state index contributed by atoms with van der Waals surface area (Å²) in [6, 6.07) is 0. The van der Waals surface area contributed by atoms with E-state index in [1.807, 2.05) is 0 Å². The monoisotopic (exact) mass is 164 g/mol. The maximum absolute atomic E-state index is 3.85. The first kappa shape index (κ1) is 8.34. The molecule has 2 bridgehead atoms. The average Bonchev–Trinajstić information content (AvgIpc) is 2.55. The third-order valence-corrected chi connectivity index (χ3v) is 4.50. The lowest BCUT2D eigenvalue weighted by Crippen LogP contribution is -2.23. The lowest BCUT2D eigenvalue weighted by atomic mass is 9.75. The minimum absolute atomic E-state index is 0.980. The van der Waals surface area contributed by atoms with Gasteiger partial charge < -0.3 is 0 Å². The highest BCUT2D eigenvalue weighted by molar-refractivity contribution is 4.98. The normalized spacial score (nSPS) is 51.3. The molecule has 0 heteroatoms. The molecule has 5 unspecified atom stereocenters. The summed E-state index contributed by atoms with van der Waals surface area (Å²) in [4.78, 5) is 0. The van der Waals surface area contributed by atoms with Gasteiger partial charge in [-0.3, -0.25) is 0 Å². The zero-order valence-corrected chi connectivity index (χ0v) is 8.29. The Morgan fingerprint density at radius 2 is 2.00 bits per heavy atom. The van der Waals surface area contributed by atoms with Gasteiger partial charge in [-0.15, -0.1) is 6.58 Å². The van der Waals surface area contributed by atoms with E-state index in [9.17, 15) is 0 Å². The summed E-state index contributed by atoms with van der Waals surface area (Å²) >= 11 is 0. The molecule has 0 aromatic heterocycles. The Balaban J connectivity index is 2.05. The molecule has 0 heterocycles. The fourth-order valence-corrected chi connectivity index (χ4v) is 3.58. The van der Waals surface area contributed by atoms with E-state index in [0.717, 1.165) is 29.6 Å². The molecule has 0 N–H and O–H groups in total. The molecule has 2 aliphatic rings. The number of allylic oxidation sites excluding steroid dienone is 1. The molecule has 0 radical (unpaired) electrons. The number of fused-ring (bicyclic) bond motifs is 2. The van der Waals surface area contributed by atoms with Gasteiger partial charge in [-0.05, 0) is 48.9 Å². The van der Waals surface area contributed by atoms with Gasteiger partial charge in [-0.1, -0.05) is 19.9 Å². The summed E-state index contributed by atoms with van der Waals surface area (Å²) in [7, 11) is 0. The van der Waals surface area contributed by atoms with Gasteiger partial charge in [0.1, 0.15) is 0 Å². The fourth-order valence-electron chi connectivity index (χ4n) is 3.58. The summed E-state index contributed by atoms with van der Waals surface area (Å²) in [5.74, 6) is 5.04. The van der Waals surface area contributed by atoms with Crippen molar-refractivity contribution in [3.8, 4) is 0 Å². The Hall–Kier alpha value is -0.260. The molecular weight excluding hydrogens is 144 g/mol. The average molecular weight is 164 g/mol. The van der Waals surface area contributed by atoms with Crippen LogP contribution in [0.25, 0.3) is 0 Å². The van der Waals surface area contributed by atoms with E-state index >= 15 is 0 Å². The Morgan fingerprint density at radius 1 is 1.25 bits per heavy atom. The molecule has 0 amide bonds. The SMILES string of the molecule is C=CCC1CC2CC1C(C)C2C. The highest BCUT2D eigenvalue weighted by Gasteiger charge is 2.47. The lowest BCUT2D eigenvalue weighted by molar-refractivity contribution is 0.191. The highest BCUT2D eigenvalue weighted by Crippen LogP contribution is 2.55. The van der Waals surface area contributed by atoms with Gasteiger partial charge in [0, 0.05) is 0 Å². The molecular formula is C12H20. The van der Waals surface area contributed by atoms with E-state index in [-0.39, 0.29) is 0 Å². The van der Waals surface area contributed by atoms with Crippen LogP contribution in [0.2, 0.25) is 0 Å². The van der Waals surface area contributed by atoms with Crippen LogP contribution in [0.5, 0.6) is 0 Å². The molecule has 0 aromatic rings. The molecule has 0 aromatic carbocycles. The van der Waals surface area contributed by atoms with E-state index in [4.69, 9.17) is 0 Å². The minimum atomic E-state index is 0.980. The van der Waals surface area contributed by atoms with Gasteiger partial charge in [0.25, 0.3) is 0 Å². The van der Waals surface area contributed by atoms with E-state index in [1.165, 1.54) is 19.3 Å². The minimum Gasteiger partial charge on any atom is -0.103 e. The van der Waals surface area contributed by atoms with Crippen LogP contribution in [0.4, 0.5) is 0 Å². The Kier molecular flexibility index (Phi) is 2.02. The van der Waals surface area contributed by atoms with Gasteiger partial charge in [0.2, 0.25) is 0 Å². The molecule has 0 aliphatic heterocycles. The molecule has 0 saturated heterocycles. The molecule has 2 aliphatic carbocycles. The largest absolute Gasteiger partial charge is 0.103 e. The summed E-state index contributed by atoms with van der Waals surface area (Å²) < 4.78 is 0. The maximum atomic E-state index is 3.85. The summed E-state index contributed by atoms with van der Waals surface area (Å²) in [6.45, 7) is 8.74. The summed E-state index contributed by atoms with van der Waals surface area (Å²) in [5.41, 5.74) is 0. The quantitative estimate of drug-likeness (QED) is 0.548. The molecule has 0 spiro atoms. The van der Waals surface area contributed by atoms with Crippen molar-refractivity contribution >= 4 is 0 Å². The van der Waals surface area contributed by atoms with E-state index in [0.29, 0.717) is 0 Å². The second kappa shape index (κ2) is 2.90. The molecule has 12 heavy (non-hydrogen) atoms. The van der Waals surface area contributed by atoms with Gasteiger partial charge in [0.15, 0.2) is 0 Å². The van der Waals surface area contributed by atoms with Crippen LogP contribution >= 0.6 is 0 Å².